The summed E-state index contributed by atoms with van der Waals surface area (Å²) in [7, 11) is -1.80. The maximum Gasteiger partial charge on any atom is 0.258 e. The number of pyridine rings is 1. The Morgan fingerprint density at radius 3 is 2.59 bits per heavy atom. The van der Waals surface area contributed by atoms with Crippen LogP contribution in [0.15, 0.2) is 64.7 Å². The highest BCUT2D eigenvalue weighted by atomic mass is 32.2. The van der Waals surface area contributed by atoms with Crippen LogP contribution in [0.3, 0.4) is 0 Å². The van der Waals surface area contributed by atoms with Gasteiger partial charge < -0.3 is 9.30 Å². The first kappa shape index (κ1) is 21.9. The molecule has 0 N–H and O–H groups in total. The molecule has 1 aliphatic rings. The highest BCUT2D eigenvalue weighted by molar-refractivity contribution is 7.90. The molecule has 172 valence electrons. The molecule has 1 fully saturated rings. The van der Waals surface area contributed by atoms with Gasteiger partial charge in [-0.1, -0.05) is 0 Å². The number of fused-ring (bicyclic) bond motifs is 1. The smallest absolute Gasteiger partial charge is 0.258 e. The first-order valence-electron chi connectivity index (χ1n) is 10.8. The lowest BCUT2D eigenvalue weighted by Crippen LogP contribution is -2.17. The van der Waals surface area contributed by atoms with Crippen molar-refractivity contribution in [1.82, 2.24) is 14.3 Å². The minimum absolute atomic E-state index is 0.171. The summed E-state index contributed by atoms with van der Waals surface area (Å²) in [5.74, 6) is 1.08. The fourth-order valence-electron chi connectivity index (χ4n) is 3.90. The summed E-state index contributed by atoms with van der Waals surface area (Å²) in [6, 6.07) is 12.2. The number of ether oxygens (including phenoxy) is 1. The van der Waals surface area contributed by atoms with E-state index in [0.29, 0.717) is 51.4 Å². The molecule has 4 aromatic rings. The van der Waals surface area contributed by atoms with Gasteiger partial charge in [0, 0.05) is 42.2 Å². The van der Waals surface area contributed by atoms with Crippen molar-refractivity contribution < 1.29 is 13.2 Å². The van der Waals surface area contributed by atoms with Crippen LogP contribution in [0.2, 0.25) is 0 Å². The van der Waals surface area contributed by atoms with E-state index in [1.165, 1.54) is 10.8 Å². The number of hydrogen-bond acceptors (Lipinski definition) is 6. The van der Waals surface area contributed by atoms with Crippen LogP contribution in [0.25, 0.3) is 27.6 Å². The molecule has 8 nitrogen and oxygen atoms in total. The normalized spacial score (nSPS) is 13.7. The SMILES string of the molecule is Cn1cc(-c2cc(S(C)(=O)=O)ccc2OCC2CC2)c2cc(-n3cc(C#N)cn3)ccc2c1=O. The third kappa shape index (κ3) is 4.08. The van der Waals surface area contributed by atoms with E-state index in [2.05, 4.69) is 11.2 Å². The van der Waals surface area contributed by atoms with Crippen LogP contribution < -0.4 is 10.3 Å². The highest BCUT2D eigenvalue weighted by Gasteiger charge is 2.24. The minimum Gasteiger partial charge on any atom is -0.493 e. The number of aromatic nitrogens is 3. The minimum atomic E-state index is -3.46. The van der Waals surface area contributed by atoms with Gasteiger partial charge in [0.15, 0.2) is 9.84 Å². The van der Waals surface area contributed by atoms with E-state index in [4.69, 9.17) is 10.00 Å². The Morgan fingerprint density at radius 1 is 1.12 bits per heavy atom. The van der Waals surface area contributed by atoms with E-state index in [0.717, 1.165) is 19.1 Å². The maximum atomic E-state index is 12.9. The van der Waals surface area contributed by atoms with Crippen LogP contribution in [0, 0.1) is 17.2 Å². The van der Waals surface area contributed by atoms with Gasteiger partial charge in [-0.25, -0.2) is 13.1 Å². The van der Waals surface area contributed by atoms with Gasteiger partial charge in [-0.2, -0.15) is 10.4 Å². The number of nitriles is 1. The van der Waals surface area contributed by atoms with Crippen LogP contribution in [-0.4, -0.2) is 35.6 Å². The number of hydrogen-bond donors (Lipinski definition) is 0. The molecule has 0 aliphatic heterocycles. The van der Waals surface area contributed by atoms with Crippen molar-refractivity contribution >= 4 is 20.6 Å². The number of rotatable bonds is 6. The second kappa shape index (κ2) is 8.15. The molecular weight excluding hydrogens is 452 g/mol. The topological polar surface area (TPSA) is 107 Å². The summed E-state index contributed by atoms with van der Waals surface area (Å²) in [6.45, 7) is 0.560. The molecule has 2 heterocycles. The van der Waals surface area contributed by atoms with Crippen molar-refractivity contribution in [1.29, 1.82) is 5.26 Å². The summed E-state index contributed by atoms with van der Waals surface area (Å²) in [5.41, 5.74) is 2.18. The zero-order valence-corrected chi connectivity index (χ0v) is 19.5. The van der Waals surface area contributed by atoms with Gasteiger partial charge in [-0.15, -0.1) is 0 Å². The second-order valence-electron chi connectivity index (χ2n) is 8.66. The molecule has 0 atom stereocenters. The second-order valence-corrected chi connectivity index (χ2v) is 10.7. The van der Waals surface area contributed by atoms with Crippen molar-refractivity contribution in [3.05, 3.63) is 70.9 Å². The van der Waals surface area contributed by atoms with E-state index in [-0.39, 0.29) is 10.5 Å². The molecule has 0 unspecified atom stereocenters. The lowest BCUT2D eigenvalue weighted by atomic mass is 9.99. The molecule has 34 heavy (non-hydrogen) atoms. The van der Waals surface area contributed by atoms with Crippen LogP contribution in [-0.2, 0) is 16.9 Å². The van der Waals surface area contributed by atoms with Crippen molar-refractivity contribution in [3.63, 3.8) is 0 Å². The van der Waals surface area contributed by atoms with Crippen LogP contribution >= 0.6 is 0 Å². The Kier molecular flexibility index (Phi) is 5.25. The third-order valence-corrected chi connectivity index (χ3v) is 7.09. The number of aryl methyl sites for hydroxylation is 1. The Labute approximate surface area is 196 Å². The molecule has 0 bridgehead atoms. The Morgan fingerprint density at radius 2 is 1.91 bits per heavy atom. The van der Waals surface area contributed by atoms with Gasteiger partial charge in [-0.05, 0) is 60.5 Å². The lowest BCUT2D eigenvalue weighted by Gasteiger charge is -2.16. The largest absolute Gasteiger partial charge is 0.493 e. The van der Waals surface area contributed by atoms with Crippen molar-refractivity contribution in [2.24, 2.45) is 13.0 Å². The molecule has 0 saturated heterocycles. The summed E-state index contributed by atoms with van der Waals surface area (Å²) in [5, 5.41) is 14.5. The molecule has 1 saturated carbocycles. The zero-order chi connectivity index (χ0) is 24.0. The van der Waals surface area contributed by atoms with Gasteiger partial charge in [0.25, 0.3) is 5.56 Å². The standard InChI is InChI=1S/C25H22N4O4S/c1-28-14-23(22-10-19(34(2,31)32)6-8-24(22)33-15-16-3-4-16)21-9-18(5-7-20(21)25(28)30)29-13-17(11-26)12-27-29/h5-10,12-14,16H,3-4,15H2,1-2H3. The number of benzene rings is 2. The first-order valence-corrected chi connectivity index (χ1v) is 12.7. The van der Waals surface area contributed by atoms with Crippen LogP contribution in [0.1, 0.15) is 18.4 Å². The molecule has 0 radical (unpaired) electrons. The predicted octanol–water partition coefficient (Wildman–Crippen LogP) is 3.46. The van der Waals surface area contributed by atoms with E-state index < -0.39 is 9.84 Å². The van der Waals surface area contributed by atoms with Crippen molar-refractivity contribution in [3.8, 4) is 28.6 Å². The molecular formula is C25H22N4O4S. The molecule has 0 spiro atoms. The van der Waals surface area contributed by atoms with E-state index >= 15 is 0 Å². The van der Waals surface area contributed by atoms with Gasteiger partial charge in [0.2, 0.25) is 0 Å². The van der Waals surface area contributed by atoms with Crippen LogP contribution in [0.4, 0.5) is 0 Å². The average Bonchev–Trinajstić information content (AvgIpc) is 3.53. The molecule has 2 aromatic heterocycles. The average molecular weight is 475 g/mol. The fourth-order valence-corrected chi connectivity index (χ4v) is 4.55. The quantitative estimate of drug-likeness (QED) is 0.424. The first-order chi connectivity index (χ1) is 16.2. The van der Waals surface area contributed by atoms with Crippen LogP contribution in [0.5, 0.6) is 5.75 Å². The summed E-state index contributed by atoms with van der Waals surface area (Å²) < 4.78 is 33.8. The number of nitrogens with zero attached hydrogens (tertiary/aromatic N) is 4. The zero-order valence-electron chi connectivity index (χ0n) is 18.7. The molecule has 2 aromatic carbocycles. The van der Waals surface area contributed by atoms with Gasteiger partial charge in [-0.3, -0.25) is 4.79 Å². The predicted molar refractivity (Wildman–Crippen MR) is 128 cm³/mol. The van der Waals surface area contributed by atoms with Gasteiger partial charge in [0.1, 0.15) is 11.8 Å². The Bertz CT molecular complexity index is 1640. The monoisotopic (exact) mass is 474 g/mol. The maximum absolute atomic E-state index is 12.9. The lowest BCUT2D eigenvalue weighted by molar-refractivity contribution is 0.301. The van der Waals surface area contributed by atoms with Gasteiger partial charge in [0.05, 0.1) is 29.0 Å². The van der Waals surface area contributed by atoms with E-state index in [1.807, 2.05) is 6.07 Å². The Hall–Kier alpha value is -3.90. The fraction of sp³-hybridized carbons (Fsp3) is 0.240. The van der Waals surface area contributed by atoms with Crippen molar-refractivity contribution in [2.45, 2.75) is 17.7 Å². The molecule has 5 rings (SSSR count). The highest BCUT2D eigenvalue weighted by Crippen LogP contribution is 2.38. The molecule has 0 amide bonds. The molecule has 9 heteroatoms. The third-order valence-electron chi connectivity index (χ3n) is 5.98. The van der Waals surface area contributed by atoms with Gasteiger partial charge >= 0.3 is 0 Å². The van der Waals surface area contributed by atoms with Crippen molar-refractivity contribution in [2.75, 3.05) is 12.9 Å². The Balaban J connectivity index is 1.76. The van der Waals surface area contributed by atoms with E-state index in [9.17, 15) is 13.2 Å². The van der Waals surface area contributed by atoms with E-state index in [1.54, 1.807) is 54.5 Å². The number of sulfone groups is 1. The summed E-state index contributed by atoms with van der Waals surface area (Å²) in [4.78, 5) is 13.1. The summed E-state index contributed by atoms with van der Waals surface area (Å²) >= 11 is 0. The summed E-state index contributed by atoms with van der Waals surface area (Å²) in [6.07, 6.45) is 8.18. The molecule has 1 aliphatic carbocycles.